The molecule has 0 fully saturated rings. The molecule has 0 aromatic heterocycles. The first-order valence-electron chi connectivity index (χ1n) is 14.5. The number of ether oxygens (including phenoxy) is 4. The average Bonchev–Trinajstić information content (AvgIpc) is 3.11. The summed E-state index contributed by atoms with van der Waals surface area (Å²) < 4.78 is 121. The molecule has 0 aliphatic rings. The number of methoxy groups -OCH3 is 2. The van der Waals surface area contributed by atoms with Crippen LogP contribution >= 0.6 is 0 Å². The number of hydrogen-bond donors (Lipinski definition) is 0. The van der Waals surface area contributed by atoms with E-state index in [0.29, 0.717) is 34.9 Å². The lowest BCUT2D eigenvalue weighted by Crippen LogP contribution is -2.25. The standard InChI is InChI=1S/C33H31F3N2O10S2/c1-23(37-47-49(39,40)30-17-13-26(43-2)14-18-30)24-5-9-28(10-6-24)45-21-4-22-46-29-11-7-25(8-12-29)32(33(34,35)36)38-48-50(41,42)31-19-15-27(44-3)16-20-31/h5-20H,4,21-22H2,1-3H3/b37-23+,38-32-. The van der Waals surface area contributed by atoms with Gasteiger partial charge in [-0.2, -0.15) is 30.0 Å². The molecule has 0 unspecified atom stereocenters. The Morgan fingerprint density at radius 3 is 1.36 bits per heavy atom. The van der Waals surface area contributed by atoms with Crippen LogP contribution in [0.5, 0.6) is 23.0 Å². The molecular formula is C33H31F3N2O10S2. The Balaban J connectivity index is 1.25. The van der Waals surface area contributed by atoms with E-state index in [9.17, 15) is 30.0 Å². The van der Waals surface area contributed by atoms with E-state index in [4.69, 9.17) is 23.2 Å². The molecule has 0 saturated heterocycles. The Morgan fingerprint density at radius 1 is 0.580 bits per heavy atom. The molecular weight excluding hydrogens is 705 g/mol. The van der Waals surface area contributed by atoms with Crippen LogP contribution in [0.3, 0.4) is 0 Å². The van der Waals surface area contributed by atoms with Crippen molar-refractivity contribution < 1.29 is 57.5 Å². The molecule has 12 nitrogen and oxygen atoms in total. The summed E-state index contributed by atoms with van der Waals surface area (Å²) in [5.74, 6) is 1.62. The molecule has 4 aromatic rings. The molecule has 4 aromatic carbocycles. The van der Waals surface area contributed by atoms with E-state index in [-0.39, 0.29) is 23.9 Å². The maximum Gasteiger partial charge on any atom is 0.437 e. The lowest BCUT2D eigenvalue weighted by molar-refractivity contribution is -0.0597. The van der Waals surface area contributed by atoms with Gasteiger partial charge in [-0.1, -0.05) is 10.3 Å². The predicted molar refractivity (Wildman–Crippen MR) is 176 cm³/mol. The minimum absolute atomic E-state index is 0.0771. The van der Waals surface area contributed by atoms with Gasteiger partial charge in [-0.05, 0) is 110 Å². The molecule has 0 aliphatic heterocycles. The topological polar surface area (TPSA) is 148 Å². The minimum Gasteiger partial charge on any atom is -0.497 e. The Bertz CT molecular complexity index is 2000. The van der Waals surface area contributed by atoms with Gasteiger partial charge in [-0.3, -0.25) is 8.57 Å². The third-order valence-electron chi connectivity index (χ3n) is 6.69. The Morgan fingerprint density at radius 2 is 0.960 bits per heavy atom. The molecule has 0 spiro atoms. The highest BCUT2D eigenvalue weighted by Crippen LogP contribution is 2.26. The van der Waals surface area contributed by atoms with Crippen LogP contribution in [0.1, 0.15) is 24.5 Å². The zero-order chi connectivity index (χ0) is 36.4. The maximum absolute atomic E-state index is 13.7. The quantitative estimate of drug-likeness (QED) is 0.0724. The summed E-state index contributed by atoms with van der Waals surface area (Å²) >= 11 is 0. The number of hydrogen-bond acceptors (Lipinski definition) is 12. The molecule has 0 saturated carbocycles. The van der Waals surface area contributed by atoms with Crippen molar-refractivity contribution in [2.45, 2.75) is 29.3 Å². The fourth-order valence-corrected chi connectivity index (χ4v) is 5.52. The van der Waals surface area contributed by atoms with Gasteiger partial charge < -0.3 is 18.9 Å². The fourth-order valence-electron chi connectivity index (χ4n) is 4.02. The van der Waals surface area contributed by atoms with Gasteiger partial charge in [0.05, 0.1) is 33.1 Å². The van der Waals surface area contributed by atoms with Crippen molar-refractivity contribution >= 4 is 31.7 Å². The lowest BCUT2D eigenvalue weighted by Gasteiger charge is -2.12. The van der Waals surface area contributed by atoms with Crippen LogP contribution in [0.4, 0.5) is 13.2 Å². The van der Waals surface area contributed by atoms with Gasteiger partial charge in [0, 0.05) is 12.0 Å². The summed E-state index contributed by atoms with van der Waals surface area (Å²) in [6.07, 6.45) is -4.60. The van der Waals surface area contributed by atoms with Crippen molar-refractivity contribution in [2.24, 2.45) is 10.3 Å². The highest BCUT2D eigenvalue weighted by Gasteiger charge is 2.38. The van der Waals surface area contributed by atoms with Crippen molar-refractivity contribution in [1.29, 1.82) is 0 Å². The van der Waals surface area contributed by atoms with Crippen molar-refractivity contribution in [2.75, 3.05) is 27.4 Å². The normalized spacial score (nSPS) is 12.6. The summed E-state index contributed by atoms with van der Waals surface area (Å²) in [6.45, 7) is 2.01. The van der Waals surface area contributed by atoms with Gasteiger partial charge in [0.2, 0.25) is 0 Å². The SMILES string of the molecule is COc1ccc(S(=O)(=O)O/N=C(/c2ccc(OCCCOc3ccc(/C(C)=N/OS(=O)(=O)c4ccc(OC)cc4)cc3)cc2)C(F)(F)F)cc1. The third-order valence-corrected chi connectivity index (χ3v) is 8.93. The molecule has 0 bridgehead atoms. The number of halogens is 3. The Labute approximate surface area is 286 Å². The zero-order valence-electron chi connectivity index (χ0n) is 26.8. The van der Waals surface area contributed by atoms with Crippen molar-refractivity contribution in [3.63, 3.8) is 0 Å². The second-order valence-corrected chi connectivity index (χ2v) is 13.2. The number of nitrogens with zero attached hydrogens (tertiary/aromatic N) is 2. The van der Waals surface area contributed by atoms with E-state index in [1.54, 1.807) is 31.2 Å². The first kappa shape index (κ1) is 37.5. The van der Waals surface area contributed by atoms with Crippen LogP contribution in [-0.2, 0) is 28.8 Å². The van der Waals surface area contributed by atoms with E-state index >= 15 is 0 Å². The van der Waals surface area contributed by atoms with Crippen molar-refractivity contribution in [3.05, 3.63) is 108 Å². The van der Waals surface area contributed by atoms with E-state index in [1.807, 2.05) is 0 Å². The maximum atomic E-state index is 13.7. The van der Waals surface area contributed by atoms with Crippen LogP contribution in [-0.4, -0.2) is 61.9 Å². The first-order chi connectivity index (χ1) is 23.7. The number of benzene rings is 4. The summed E-state index contributed by atoms with van der Waals surface area (Å²) in [4.78, 5) is -0.480. The lowest BCUT2D eigenvalue weighted by atomic mass is 10.1. The van der Waals surface area contributed by atoms with E-state index < -0.39 is 42.6 Å². The van der Waals surface area contributed by atoms with E-state index in [2.05, 4.69) is 14.6 Å². The van der Waals surface area contributed by atoms with Gasteiger partial charge >= 0.3 is 26.4 Å². The van der Waals surface area contributed by atoms with Gasteiger partial charge in [-0.25, -0.2) is 0 Å². The number of rotatable bonds is 16. The third kappa shape index (κ3) is 10.4. The van der Waals surface area contributed by atoms with Crippen LogP contribution in [0, 0.1) is 0 Å². The van der Waals surface area contributed by atoms with Gasteiger partial charge in [0.25, 0.3) is 0 Å². The van der Waals surface area contributed by atoms with Crippen LogP contribution in [0.2, 0.25) is 0 Å². The molecule has 0 amide bonds. The van der Waals surface area contributed by atoms with E-state index in [1.165, 1.54) is 62.8 Å². The van der Waals surface area contributed by atoms with Gasteiger partial charge in [0.15, 0.2) is 5.71 Å². The highest BCUT2D eigenvalue weighted by atomic mass is 32.2. The molecule has 0 aliphatic carbocycles. The summed E-state index contributed by atoms with van der Waals surface area (Å²) in [5, 5.41) is 6.66. The number of alkyl halides is 3. The monoisotopic (exact) mass is 736 g/mol. The highest BCUT2D eigenvalue weighted by molar-refractivity contribution is 7.87. The predicted octanol–water partition coefficient (Wildman–Crippen LogP) is 6.35. The Kier molecular flexibility index (Phi) is 12.3. The first-order valence-corrected chi connectivity index (χ1v) is 17.3. The summed E-state index contributed by atoms with van der Waals surface area (Å²) in [6, 6.07) is 21.9. The van der Waals surface area contributed by atoms with Crippen LogP contribution < -0.4 is 18.9 Å². The van der Waals surface area contributed by atoms with Crippen molar-refractivity contribution in [3.8, 4) is 23.0 Å². The molecule has 0 N–H and O–H groups in total. The smallest absolute Gasteiger partial charge is 0.437 e. The van der Waals surface area contributed by atoms with E-state index in [0.717, 1.165) is 24.3 Å². The van der Waals surface area contributed by atoms with Crippen LogP contribution in [0.15, 0.2) is 117 Å². The second kappa shape index (κ2) is 16.4. The molecule has 4 rings (SSSR count). The second-order valence-electron chi connectivity index (χ2n) is 10.1. The molecule has 0 radical (unpaired) electrons. The van der Waals surface area contributed by atoms with Crippen LogP contribution in [0.25, 0.3) is 0 Å². The molecule has 0 heterocycles. The summed E-state index contributed by atoms with van der Waals surface area (Å²) in [7, 11) is -5.92. The molecule has 0 atom stereocenters. The van der Waals surface area contributed by atoms with Gasteiger partial charge in [0.1, 0.15) is 32.8 Å². The number of oxime groups is 2. The van der Waals surface area contributed by atoms with Gasteiger partial charge in [-0.15, -0.1) is 0 Å². The fraction of sp³-hybridized carbons (Fsp3) is 0.212. The largest absolute Gasteiger partial charge is 0.497 e. The van der Waals surface area contributed by atoms with Crippen molar-refractivity contribution in [1.82, 2.24) is 0 Å². The molecule has 17 heteroatoms. The summed E-state index contributed by atoms with van der Waals surface area (Å²) in [5.41, 5.74) is -1.08. The molecule has 266 valence electrons. The zero-order valence-corrected chi connectivity index (χ0v) is 28.4. The molecule has 50 heavy (non-hydrogen) atoms. The Hall–Kier alpha value is -5.29. The minimum atomic E-state index is -5.02. The average molecular weight is 737 g/mol.